The Labute approximate surface area is 216 Å². The lowest BCUT2D eigenvalue weighted by Gasteiger charge is -2.44. The highest BCUT2D eigenvalue weighted by atomic mass is 16.4. The summed E-state index contributed by atoms with van der Waals surface area (Å²) < 4.78 is 0. The second-order valence-corrected chi connectivity index (χ2v) is 12.1. The van der Waals surface area contributed by atoms with Crippen molar-refractivity contribution in [3.8, 4) is 0 Å². The molecule has 0 spiro atoms. The van der Waals surface area contributed by atoms with Crippen molar-refractivity contribution in [1.29, 1.82) is 0 Å². The molecule has 2 N–H and O–H groups in total. The number of carbonyl (C=O) groups is 1. The number of carboxylic acid groups (broad SMARTS) is 1. The van der Waals surface area contributed by atoms with E-state index >= 15 is 0 Å². The Morgan fingerprint density at radius 1 is 1.03 bits per heavy atom. The molecule has 4 nitrogen and oxygen atoms in total. The van der Waals surface area contributed by atoms with Crippen LogP contribution < -0.4 is 0 Å². The third kappa shape index (κ3) is 5.35. The maximum Gasteiger partial charge on any atom is 0.335 e. The number of rotatable bonds is 6. The van der Waals surface area contributed by atoms with Crippen molar-refractivity contribution in [2.24, 2.45) is 0 Å². The number of benzene rings is 2. The van der Waals surface area contributed by atoms with Gasteiger partial charge in [0.1, 0.15) is 0 Å². The van der Waals surface area contributed by atoms with Crippen LogP contribution in [0.15, 0.2) is 48.6 Å². The van der Waals surface area contributed by atoms with Crippen LogP contribution in [-0.2, 0) is 10.8 Å². The normalized spacial score (nSPS) is 20.3. The van der Waals surface area contributed by atoms with Crippen molar-refractivity contribution in [2.45, 2.75) is 83.8 Å². The summed E-state index contributed by atoms with van der Waals surface area (Å²) in [6.45, 7) is 15.9. The zero-order valence-corrected chi connectivity index (χ0v) is 22.6. The molecule has 2 aromatic carbocycles. The highest BCUT2D eigenvalue weighted by molar-refractivity contribution is 5.87. The molecule has 4 heteroatoms. The first-order valence-electron chi connectivity index (χ1n) is 13.2. The van der Waals surface area contributed by atoms with Crippen molar-refractivity contribution in [3.63, 3.8) is 0 Å². The van der Waals surface area contributed by atoms with E-state index in [0.29, 0.717) is 6.04 Å². The summed E-state index contributed by atoms with van der Waals surface area (Å²) in [5, 5.41) is 20.4. The van der Waals surface area contributed by atoms with E-state index in [9.17, 15) is 9.90 Å². The van der Waals surface area contributed by atoms with Crippen molar-refractivity contribution in [3.05, 3.63) is 81.9 Å². The van der Waals surface area contributed by atoms with Gasteiger partial charge < -0.3 is 10.2 Å². The monoisotopic (exact) mass is 487 g/mol. The van der Waals surface area contributed by atoms with Crippen LogP contribution in [0.2, 0.25) is 0 Å². The summed E-state index contributed by atoms with van der Waals surface area (Å²) in [4.78, 5) is 13.6. The Morgan fingerprint density at radius 2 is 1.69 bits per heavy atom. The van der Waals surface area contributed by atoms with Gasteiger partial charge in [-0.3, -0.25) is 4.90 Å². The van der Waals surface area contributed by atoms with Gasteiger partial charge in [0.25, 0.3) is 0 Å². The minimum atomic E-state index is -0.939. The molecule has 0 amide bonds. The van der Waals surface area contributed by atoms with Gasteiger partial charge in [0.05, 0.1) is 11.7 Å². The maximum absolute atomic E-state index is 11.3. The molecule has 36 heavy (non-hydrogen) atoms. The zero-order chi connectivity index (χ0) is 26.3. The lowest BCUT2D eigenvalue weighted by atomic mass is 9.61. The van der Waals surface area contributed by atoms with Gasteiger partial charge in [-0.05, 0) is 95.5 Å². The first-order valence-corrected chi connectivity index (χ1v) is 13.2. The van der Waals surface area contributed by atoms with Gasteiger partial charge in [-0.1, -0.05) is 64.1 Å². The number of hydrogen-bond donors (Lipinski definition) is 2. The highest BCUT2D eigenvalue weighted by Crippen LogP contribution is 2.50. The van der Waals surface area contributed by atoms with E-state index in [1.54, 1.807) is 30.3 Å². The van der Waals surface area contributed by atoms with E-state index in [1.165, 1.54) is 22.3 Å². The summed E-state index contributed by atoms with van der Waals surface area (Å²) in [6.07, 6.45) is 8.62. The molecular weight excluding hydrogens is 446 g/mol. The largest absolute Gasteiger partial charge is 0.478 e. The summed E-state index contributed by atoms with van der Waals surface area (Å²) in [6, 6.07) is 11.7. The van der Waals surface area contributed by atoms with Crippen LogP contribution >= 0.6 is 0 Å². The molecule has 0 saturated carbocycles. The molecule has 0 bridgehead atoms. The molecule has 0 fully saturated rings. The fraction of sp³-hybridized carbons (Fsp3) is 0.469. The van der Waals surface area contributed by atoms with Crippen LogP contribution in [0.5, 0.6) is 0 Å². The number of nitrogens with zero attached hydrogens (tertiary/aromatic N) is 1. The summed E-state index contributed by atoms with van der Waals surface area (Å²) in [7, 11) is 0. The third-order valence-corrected chi connectivity index (χ3v) is 8.23. The molecule has 0 radical (unpaired) electrons. The first-order chi connectivity index (χ1) is 16.9. The molecule has 1 heterocycles. The van der Waals surface area contributed by atoms with E-state index in [1.807, 2.05) is 6.08 Å². The van der Waals surface area contributed by atoms with Gasteiger partial charge in [0.2, 0.25) is 0 Å². The topological polar surface area (TPSA) is 60.8 Å². The average Bonchev–Trinajstić information content (AvgIpc) is 2.85. The Kier molecular flexibility index (Phi) is 7.32. The van der Waals surface area contributed by atoms with E-state index in [4.69, 9.17) is 5.11 Å². The fourth-order valence-electron chi connectivity index (χ4n) is 5.68. The molecule has 1 aliphatic heterocycles. The van der Waals surface area contributed by atoms with Crippen molar-refractivity contribution in [2.75, 3.05) is 13.1 Å². The molecule has 192 valence electrons. The number of aliphatic hydroxyl groups excluding tert-OH is 1. The van der Waals surface area contributed by atoms with Crippen molar-refractivity contribution >= 4 is 17.6 Å². The van der Waals surface area contributed by atoms with Gasteiger partial charge in [0.15, 0.2) is 0 Å². The van der Waals surface area contributed by atoms with E-state index < -0.39 is 12.1 Å². The number of aromatic carboxylic acids is 1. The van der Waals surface area contributed by atoms with Crippen LogP contribution in [0.25, 0.3) is 11.6 Å². The Balaban J connectivity index is 1.75. The molecular formula is C32H41NO3. The molecule has 1 atom stereocenters. The van der Waals surface area contributed by atoms with Crippen molar-refractivity contribution in [1.82, 2.24) is 4.90 Å². The van der Waals surface area contributed by atoms with Gasteiger partial charge in [-0.2, -0.15) is 0 Å². The van der Waals surface area contributed by atoms with E-state index in [0.717, 1.165) is 43.5 Å². The first kappa shape index (κ1) is 26.4. The Hall–Kier alpha value is -2.69. The molecule has 2 aromatic rings. The number of aliphatic hydroxyl groups is 1. The SMILES string of the molecule is CC(C)N1CC=C(c2cc(C(O)/C=C/c3ccc(C(=O)O)cc3)cc3c2C(C)(C)CCC3(C)C)CC1. The average molecular weight is 488 g/mol. The van der Waals surface area contributed by atoms with Crippen molar-refractivity contribution < 1.29 is 15.0 Å². The third-order valence-electron chi connectivity index (χ3n) is 8.23. The Morgan fingerprint density at radius 3 is 2.28 bits per heavy atom. The summed E-state index contributed by atoms with van der Waals surface area (Å²) in [5.41, 5.74) is 7.69. The summed E-state index contributed by atoms with van der Waals surface area (Å²) >= 11 is 0. The van der Waals surface area contributed by atoms with Gasteiger partial charge in [-0.15, -0.1) is 0 Å². The minimum absolute atomic E-state index is 0.0465. The maximum atomic E-state index is 11.3. The van der Waals surface area contributed by atoms with Crippen LogP contribution in [-0.4, -0.2) is 40.2 Å². The quantitative estimate of drug-likeness (QED) is 0.461. The molecule has 1 unspecified atom stereocenters. The second-order valence-electron chi connectivity index (χ2n) is 12.1. The highest BCUT2D eigenvalue weighted by Gasteiger charge is 2.39. The fourth-order valence-corrected chi connectivity index (χ4v) is 5.68. The van der Waals surface area contributed by atoms with Crippen LogP contribution in [0.1, 0.15) is 105 Å². The molecule has 4 rings (SSSR count). The zero-order valence-electron chi connectivity index (χ0n) is 22.6. The smallest absolute Gasteiger partial charge is 0.335 e. The summed E-state index contributed by atoms with van der Waals surface area (Å²) in [5.74, 6) is -0.939. The van der Waals surface area contributed by atoms with E-state index in [2.05, 4.69) is 64.7 Å². The number of fused-ring (bicyclic) bond motifs is 1. The minimum Gasteiger partial charge on any atom is -0.478 e. The standard InChI is InChI=1S/C32H41NO3/c1-21(2)33-17-13-23(14-18-33)26-19-25(20-27-29(26)32(5,6)16-15-31(27,3)4)28(34)12-9-22-7-10-24(11-8-22)30(35)36/h7-13,19-21,28,34H,14-18H2,1-6H3,(H,35,36)/b12-9+. The predicted molar refractivity (Wildman–Crippen MR) is 148 cm³/mol. The number of hydrogen-bond acceptors (Lipinski definition) is 3. The lowest BCUT2D eigenvalue weighted by molar-refractivity contribution is 0.0697. The molecule has 2 aliphatic rings. The molecule has 0 aromatic heterocycles. The second kappa shape index (κ2) is 9.99. The van der Waals surface area contributed by atoms with Crippen LogP contribution in [0, 0.1) is 0 Å². The predicted octanol–water partition coefficient (Wildman–Crippen LogP) is 6.98. The van der Waals surface area contributed by atoms with Crippen LogP contribution in [0.4, 0.5) is 0 Å². The van der Waals surface area contributed by atoms with Gasteiger partial charge in [-0.25, -0.2) is 4.79 Å². The molecule has 0 saturated heterocycles. The van der Waals surface area contributed by atoms with Crippen LogP contribution in [0.3, 0.4) is 0 Å². The van der Waals surface area contributed by atoms with Gasteiger partial charge >= 0.3 is 5.97 Å². The van der Waals surface area contributed by atoms with Gasteiger partial charge in [0, 0.05) is 19.1 Å². The van der Waals surface area contributed by atoms with E-state index in [-0.39, 0.29) is 16.4 Å². The number of carboxylic acids is 1. The lowest BCUT2D eigenvalue weighted by Crippen LogP contribution is -2.37. The Bertz CT molecular complexity index is 1180. The molecule has 1 aliphatic carbocycles.